The van der Waals surface area contributed by atoms with Gasteiger partial charge in [-0.2, -0.15) is 0 Å². The number of nitrogen functional groups attached to an aromatic ring is 1. The molecule has 2 aromatic carbocycles. The highest BCUT2D eigenvalue weighted by molar-refractivity contribution is 5.96. The third kappa shape index (κ3) is 1.18. The molecule has 0 aliphatic carbocycles. The minimum Gasteiger partial charge on any atom is -0.505 e. The Bertz CT molecular complexity index is 480. The van der Waals surface area contributed by atoms with Gasteiger partial charge in [-0.25, -0.2) is 0 Å². The number of hydrogen-bond acceptors (Lipinski definition) is 3. The van der Waals surface area contributed by atoms with Gasteiger partial charge in [-0.15, -0.1) is 0 Å². The first kappa shape index (κ1) is 8.84. The van der Waals surface area contributed by atoms with Crippen molar-refractivity contribution in [3.63, 3.8) is 0 Å². The Hall–Kier alpha value is -1.74. The van der Waals surface area contributed by atoms with Gasteiger partial charge in [0.1, 0.15) is 5.75 Å². The van der Waals surface area contributed by atoms with Gasteiger partial charge >= 0.3 is 0 Å². The van der Waals surface area contributed by atoms with Crippen LogP contribution in [-0.4, -0.2) is 5.11 Å². The number of aromatic hydroxyl groups is 1. The smallest absolute Gasteiger partial charge is 0.143 e. The fraction of sp³-hybridized carbons (Fsp3) is 0.0909. The summed E-state index contributed by atoms with van der Waals surface area (Å²) in [5, 5.41) is 11.6. The van der Waals surface area contributed by atoms with E-state index in [9.17, 15) is 5.11 Å². The maximum absolute atomic E-state index is 9.69. The van der Waals surface area contributed by atoms with Crippen LogP contribution in [0.1, 0.15) is 5.56 Å². The number of fused-ring (bicyclic) bond motifs is 1. The molecule has 72 valence electrons. The maximum Gasteiger partial charge on any atom is 0.143 e. The molecule has 0 saturated heterocycles. The zero-order valence-corrected chi connectivity index (χ0v) is 7.70. The lowest BCUT2D eigenvalue weighted by Gasteiger charge is -2.08. The lowest BCUT2D eigenvalue weighted by molar-refractivity contribution is 0.472. The predicted octanol–water partition coefficient (Wildman–Crippen LogP) is 1.59. The number of nitrogens with two attached hydrogens (primary N) is 2. The molecule has 0 atom stereocenters. The standard InChI is InChI=1S/C11H12N2O/c12-6-8-5-7-3-1-2-4-9(7)10(13)11(8)14/h1-5,14H,6,12-13H2. The van der Waals surface area contributed by atoms with Crippen molar-refractivity contribution in [2.24, 2.45) is 5.73 Å². The monoisotopic (exact) mass is 188 g/mol. The maximum atomic E-state index is 9.69. The molecule has 0 aliphatic rings. The Morgan fingerprint density at radius 2 is 1.93 bits per heavy atom. The molecule has 0 radical (unpaired) electrons. The van der Waals surface area contributed by atoms with Gasteiger partial charge in [-0.1, -0.05) is 24.3 Å². The van der Waals surface area contributed by atoms with Crippen molar-refractivity contribution in [2.75, 3.05) is 5.73 Å². The number of benzene rings is 2. The molecular weight excluding hydrogens is 176 g/mol. The van der Waals surface area contributed by atoms with Crippen LogP contribution in [0.4, 0.5) is 5.69 Å². The predicted molar refractivity (Wildman–Crippen MR) is 57.9 cm³/mol. The summed E-state index contributed by atoms with van der Waals surface area (Å²) in [4.78, 5) is 0. The zero-order chi connectivity index (χ0) is 10.1. The van der Waals surface area contributed by atoms with Crippen LogP contribution in [0.15, 0.2) is 30.3 Å². The van der Waals surface area contributed by atoms with Crippen molar-refractivity contribution in [2.45, 2.75) is 6.54 Å². The van der Waals surface area contributed by atoms with Crippen LogP contribution in [0.3, 0.4) is 0 Å². The topological polar surface area (TPSA) is 72.3 Å². The van der Waals surface area contributed by atoms with E-state index in [1.807, 2.05) is 30.3 Å². The van der Waals surface area contributed by atoms with Crippen molar-refractivity contribution >= 4 is 16.5 Å². The average molecular weight is 188 g/mol. The van der Waals surface area contributed by atoms with E-state index in [1.54, 1.807) is 0 Å². The Labute approximate surface area is 82.0 Å². The first-order valence-corrected chi connectivity index (χ1v) is 4.43. The molecule has 2 rings (SSSR count). The van der Waals surface area contributed by atoms with E-state index in [0.717, 1.165) is 10.8 Å². The summed E-state index contributed by atoms with van der Waals surface area (Å²) in [6.45, 7) is 0.293. The molecule has 0 aliphatic heterocycles. The lowest BCUT2D eigenvalue weighted by atomic mass is 10.0. The van der Waals surface area contributed by atoms with Gasteiger partial charge in [0.25, 0.3) is 0 Å². The molecule has 3 nitrogen and oxygen atoms in total. The molecule has 14 heavy (non-hydrogen) atoms. The summed E-state index contributed by atoms with van der Waals surface area (Å²) in [5.74, 6) is 0.103. The largest absolute Gasteiger partial charge is 0.505 e. The molecule has 0 amide bonds. The number of phenols is 1. The Morgan fingerprint density at radius 1 is 1.21 bits per heavy atom. The fourth-order valence-electron chi connectivity index (χ4n) is 1.58. The Kier molecular flexibility index (Phi) is 2.02. The van der Waals surface area contributed by atoms with E-state index >= 15 is 0 Å². The van der Waals surface area contributed by atoms with Gasteiger partial charge in [0.05, 0.1) is 5.69 Å². The molecule has 3 heteroatoms. The van der Waals surface area contributed by atoms with Gasteiger partial charge in [0.2, 0.25) is 0 Å². The molecule has 2 aromatic rings. The van der Waals surface area contributed by atoms with E-state index in [1.165, 1.54) is 0 Å². The summed E-state index contributed by atoms with van der Waals surface area (Å²) in [5.41, 5.74) is 12.4. The van der Waals surface area contributed by atoms with Gasteiger partial charge in [-0.3, -0.25) is 0 Å². The summed E-state index contributed by atoms with van der Waals surface area (Å²) in [6.07, 6.45) is 0. The molecule has 0 unspecified atom stereocenters. The third-order valence-corrected chi connectivity index (χ3v) is 2.36. The van der Waals surface area contributed by atoms with Crippen LogP contribution in [0.2, 0.25) is 0 Å². The highest BCUT2D eigenvalue weighted by Crippen LogP contribution is 2.32. The van der Waals surface area contributed by atoms with Gasteiger partial charge in [-0.05, 0) is 11.5 Å². The Balaban J connectivity index is 2.85. The molecule has 0 saturated carbocycles. The molecule has 0 bridgehead atoms. The first-order chi connectivity index (χ1) is 6.74. The quantitative estimate of drug-likeness (QED) is 0.470. The summed E-state index contributed by atoms with van der Waals surface area (Å²) in [6, 6.07) is 9.51. The van der Waals surface area contributed by atoms with Crippen molar-refractivity contribution in [3.05, 3.63) is 35.9 Å². The van der Waals surface area contributed by atoms with Crippen molar-refractivity contribution in [1.29, 1.82) is 0 Å². The Morgan fingerprint density at radius 3 is 2.64 bits per heavy atom. The van der Waals surface area contributed by atoms with E-state index < -0.39 is 0 Å². The average Bonchev–Trinajstić information content (AvgIpc) is 2.23. The van der Waals surface area contributed by atoms with E-state index in [4.69, 9.17) is 11.5 Å². The fourth-order valence-corrected chi connectivity index (χ4v) is 1.58. The second-order valence-electron chi connectivity index (χ2n) is 3.22. The second kappa shape index (κ2) is 3.20. The number of rotatable bonds is 1. The minimum absolute atomic E-state index is 0.103. The lowest BCUT2D eigenvalue weighted by Crippen LogP contribution is -1.99. The minimum atomic E-state index is 0.103. The normalized spacial score (nSPS) is 10.6. The van der Waals surface area contributed by atoms with Crippen molar-refractivity contribution in [3.8, 4) is 5.75 Å². The number of phenolic OH excluding ortho intramolecular Hbond substituents is 1. The van der Waals surface area contributed by atoms with Gasteiger partial charge in [0.15, 0.2) is 0 Å². The highest BCUT2D eigenvalue weighted by atomic mass is 16.3. The van der Waals surface area contributed by atoms with Crippen molar-refractivity contribution < 1.29 is 5.11 Å². The molecule has 0 spiro atoms. The molecule has 5 N–H and O–H groups in total. The SMILES string of the molecule is NCc1cc2ccccc2c(N)c1O. The highest BCUT2D eigenvalue weighted by Gasteiger charge is 2.07. The molecule has 0 aromatic heterocycles. The number of anilines is 1. The zero-order valence-electron chi connectivity index (χ0n) is 7.70. The first-order valence-electron chi connectivity index (χ1n) is 4.43. The van der Waals surface area contributed by atoms with E-state index in [-0.39, 0.29) is 5.75 Å². The van der Waals surface area contributed by atoms with Crippen LogP contribution >= 0.6 is 0 Å². The van der Waals surface area contributed by atoms with Crippen LogP contribution in [-0.2, 0) is 6.54 Å². The molecule has 0 heterocycles. The van der Waals surface area contributed by atoms with Gasteiger partial charge in [0, 0.05) is 17.5 Å². The van der Waals surface area contributed by atoms with Crippen LogP contribution in [0.5, 0.6) is 5.75 Å². The summed E-state index contributed by atoms with van der Waals surface area (Å²) < 4.78 is 0. The summed E-state index contributed by atoms with van der Waals surface area (Å²) in [7, 11) is 0. The third-order valence-electron chi connectivity index (χ3n) is 2.36. The summed E-state index contributed by atoms with van der Waals surface area (Å²) >= 11 is 0. The van der Waals surface area contributed by atoms with E-state index in [0.29, 0.717) is 17.8 Å². The van der Waals surface area contributed by atoms with Crippen molar-refractivity contribution in [1.82, 2.24) is 0 Å². The molecule has 0 fully saturated rings. The van der Waals surface area contributed by atoms with Crippen LogP contribution in [0.25, 0.3) is 10.8 Å². The molecular formula is C11H12N2O. The van der Waals surface area contributed by atoms with Crippen LogP contribution < -0.4 is 11.5 Å². The number of hydrogen-bond donors (Lipinski definition) is 3. The second-order valence-corrected chi connectivity index (χ2v) is 3.22. The van der Waals surface area contributed by atoms with Crippen LogP contribution in [0, 0.1) is 0 Å². The van der Waals surface area contributed by atoms with Gasteiger partial charge < -0.3 is 16.6 Å². The van der Waals surface area contributed by atoms with E-state index in [2.05, 4.69) is 0 Å².